The molecular weight excluding hydrogens is 410 g/mol. The van der Waals surface area contributed by atoms with Gasteiger partial charge in [0.1, 0.15) is 6.07 Å². The van der Waals surface area contributed by atoms with Crippen LogP contribution < -0.4 is 0 Å². The molecule has 1 N–H and O–H groups in total. The molecule has 3 fully saturated rings. The van der Waals surface area contributed by atoms with Gasteiger partial charge in [0.15, 0.2) is 11.6 Å². The van der Waals surface area contributed by atoms with Crippen molar-refractivity contribution in [2.75, 3.05) is 0 Å². The second kappa shape index (κ2) is 6.69. The smallest absolute Gasteiger partial charge is 0.176 e. The Morgan fingerprint density at radius 3 is 2.33 bits per heavy atom. The fraction of sp³-hybridized carbons (Fsp3) is 0.759. The van der Waals surface area contributed by atoms with Crippen LogP contribution in [0.1, 0.15) is 86.5 Å². The van der Waals surface area contributed by atoms with Crippen molar-refractivity contribution < 1.29 is 14.7 Å². The lowest BCUT2D eigenvalue weighted by Gasteiger charge is -2.68. The molecule has 3 saturated carbocycles. The number of Topliss-reactive ketones (excluding diaryl/α,β-unsaturated/α-hetero) is 1. The Kier molecular flexibility index (Phi) is 4.67. The van der Waals surface area contributed by atoms with Crippen molar-refractivity contribution in [1.82, 2.24) is 0 Å². The summed E-state index contributed by atoms with van der Waals surface area (Å²) >= 11 is 0. The molecule has 0 heterocycles. The third-order valence-corrected chi connectivity index (χ3v) is 11.5. The maximum absolute atomic E-state index is 14.0. The van der Waals surface area contributed by atoms with Crippen molar-refractivity contribution in [2.45, 2.75) is 92.1 Å². The summed E-state index contributed by atoms with van der Waals surface area (Å²) in [4.78, 5) is 26.8. The van der Waals surface area contributed by atoms with Gasteiger partial charge in [-0.1, -0.05) is 53.2 Å². The first-order valence-electron chi connectivity index (χ1n) is 12.9. The van der Waals surface area contributed by atoms with Gasteiger partial charge in [0.25, 0.3) is 0 Å². The molecule has 5 aliphatic carbocycles. The highest BCUT2D eigenvalue weighted by Gasteiger charge is 2.68. The van der Waals surface area contributed by atoms with Crippen LogP contribution in [0.15, 0.2) is 23.3 Å². The highest BCUT2D eigenvalue weighted by molar-refractivity contribution is 6.02. The Labute approximate surface area is 198 Å². The van der Waals surface area contributed by atoms with Crippen LogP contribution in [-0.2, 0) is 9.59 Å². The quantitative estimate of drug-likeness (QED) is 0.525. The van der Waals surface area contributed by atoms with Gasteiger partial charge in [-0.2, -0.15) is 5.26 Å². The third kappa shape index (κ3) is 2.78. The molecule has 5 rings (SSSR count). The molecule has 0 saturated heterocycles. The zero-order chi connectivity index (χ0) is 24.2. The highest BCUT2D eigenvalue weighted by atomic mass is 16.3. The molecule has 0 aromatic heterocycles. The molecule has 0 bridgehead atoms. The third-order valence-electron chi connectivity index (χ3n) is 11.5. The van der Waals surface area contributed by atoms with Crippen LogP contribution in [-0.4, -0.2) is 22.3 Å². The number of carbonyl (C=O) groups is 2. The van der Waals surface area contributed by atoms with Crippen LogP contribution in [0.5, 0.6) is 0 Å². The summed E-state index contributed by atoms with van der Waals surface area (Å²) in [6.07, 6.45) is 9.93. The average Bonchev–Trinajstić information content (AvgIpc) is 2.74. The Hall–Kier alpha value is -1.73. The van der Waals surface area contributed by atoms with E-state index in [1.54, 1.807) is 0 Å². The van der Waals surface area contributed by atoms with E-state index in [9.17, 15) is 20.0 Å². The second-order valence-electron chi connectivity index (χ2n) is 13.5. The molecular formula is C29H39NO3. The molecule has 8 atom stereocenters. The normalized spacial score (nSPS) is 50.6. The van der Waals surface area contributed by atoms with Crippen molar-refractivity contribution in [3.8, 4) is 6.07 Å². The molecule has 4 nitrogen and oxygen atoms in total. The lowest BCUT2D eigenvalue weighted by molar-refractivity contribution is -0.194. The predicted octanol–water partition coefficient (Wildman–Crippen LogP) is 5.56. The summed E-state index contributed by atoms with van der Waals surface area (Å²) in [7, 11) is 0. The average molecular weight is 450 g/mol. The van der Waals surface area contributed by atoms with E-state index in [4.69, 9.17) is 0 Å². The van der Waals surface area contributed by atoms with Gasteiger partial charge in [0.2, 0.25) is 0 Å². The second-order valence-corrected chi connectivity index (χ2v) is 13.5. The van der Waals surface area contributed by atoms with E-state index in [2.05, 4.69) is 40.7 Å². The van der Waals surface area contributed by atoms with E-state index in [0.29, 0.717) is 0 Å². The number of aliphatic hydroxyl groups is 1. The molecule has 33 heavy (non-hydrogen) atoms. The van der Waals surface area contributed by atoms with E-state index in [1.165, 1.54) is 0 Å². The number of carbonyl (C=O) groups excluding carboxylic acids is 2. The van der Waals surface area contributed by atoms with E-state index < -0.39 is 11.0 Å². The summed E-state index contributed by atoms with van der Waals surface area (Å²) in [5.41, 5.74) is -0.130. The van der Waals surface area contributed by atoms with Gasteiger partial charge in [-0.3, -0.25) is 9.59 Å². The van der Waals surface area contributed by atoms with Crippen LogP contribution >= 0.6 is 0 Å². The van der Waals surface area contributed by atoms with Crippen LogP contribution in [0, 0.1) is 56.7 Å². The van der Waals surface area contributed by atoms with Gasteiger partial charge in [-0.15, -0.1) is 0 Å². The maximum Gasteiger partial charge on any atom is 0.176 e. The number of allylic oxidation sites excluding steroid dienone is 4. The molecule has 178 valence electrons. The first-order chi connectivity index (χ1) is 15.2. The fourth-order valence-electron chi connectivity index (χ4n) is 9.23. The first-order valence-corrected chi connectivity index (χ1v) is 12.9. The number of hydrogen-bond acceptors (Lipinski definition) is 4. The van der Waals surface area contributed by atoms with Gasteiger partial charge in [0, 0.05) is 17.3 Å². The van der Waals surface area contributed by atoms with Gasteiger partial charge in [0.05, 0.1) is 11.2 Å². The summed E-state index contributed by atoms with van der Waals surface area (Å²) in [6.45, 7) is 13.3. The molecule has 0 radical (unpaired) electrons. The van der Waals surface area contributed by atoms with Crippen LogP contribution in [0.3, 0.4) is 0 Å². The Morgan fingerprint density at radius 2 is 1.67 bits per heavy atom. The molecule has 2 unspecified atom stereocenters. The maximum atomic E-state index is 14.0. The predicted molar refractivity (Wildman–Crippen MR) is 127 cm³/mol. The Bertz CT molecular complexity index is 1050. The highest BCUT2D eigenvalue weighted by Crippen LogP contribution is 2.72. The summed E-state index contributed by atoms with van der Waals surface area (Å²) in [5.74, 6) is -0.178. The number of rotatable bonds is 0. The fourth-order valence-corrected chi connectivity index (χ4v) is 9.23. The lowest BCUT2D eigenvalue weighted by atomic mass is 9.36. The SMILES string of the molecule is C[C@@H]1C(=O)C(C#N)=C[C@]2(C)C3=CC(=O)C4C5CC(C)(C)CC[C@]5(O)CC[C@@]4(C)[C@]3(C)CC[C@@H]12. The Balaban J connectivity index is 1.68. The van der Waals surface area contributed by atoms with E-state index in [-0.39, 0.29) is 57.1 Å². The van der Waals surface area contributed by atoms with E-state index in [1.807, 2.05) is 19.1 Å². The molecule has 5 aliphatic rings. The molecule has 4 heteroatoms. The largest absolute Gasteiger partial charge is 0.390 e. The van der Waals surface area contributed by atoms with Crippen LogP contribution in [0.25, 0.3) is 0 Å². The number of nitrogens with zero attached hydrogens (tertiary/aromatic N) is 1. The topological polar surface area (TPSA) is 78.2 Å². The number of fused-ring (bicyclic) bond motifs is 7. The zero-order valence-corrected chi connectivity index (χ0v) is 21.1. The molecule has 0 aliphatic heterocycles. The molecule has 0 spiro atoms. The van der Waals surface area contributed by atoms with Crippen LogP contribution in [0.2, 0.25) is 0 Å². The number of hydrogen-bond donors (Lipinski definition) is 1. The van der Waals surface area contributed by atoms with Gasteiger partial charge < -0.3 is 5.11 Å². The first kappa shape index (κ1) is 23.0. The van der Waals surface area contributed by atoms with Gasteiger partial charge >= 0.3 is 0 Å². The zero-order valence-electron chi connectivity index (χ0n) is 21.1. The van der Waals surface area contributed by atoms with Gasteiger partial charge in [-0.25, -0.2) is 0 Å². The van der Waals surface area contributed by atoms with Crippen molar-refractivity contribution in [2.24, 2.45) is 45.3 Å². The van der Waals surface area contributed by atoms with Crippen LogP contribution in [0.4, 0.5) is 0 Å². The van der Waals surface area contributed by atoms with E-state index >= 15 is 0 Å². The van der Waals surface area contributed by atoms with Crippen molar-refractivity contribution in [1.29, 1.82) is 5.26 Å². The van der Waals surface area contributed by atoms with E-state index in [0.717, 1.165) is 50.5 Å². The monoisotopic (exact) mass is 449 g/mol. The molecule has 0 aromatic carbocycles. The molecule has 0 aromatic rings. The Morgan fingerprint density at radius 1 is 1.00 bits per heavy atom. The summed E-state index contributed by atoms with van der Waals surface area (Å²) in [6, 6.07) is 2.14. The minimum Gasteiger partial charge on any atom is -0.390 e. The molecule has 0 amide bonds. The van der Waals surface area contributed by atoms with Crippen molar-refractivity contribution in [3.63, 3.8) is 0 Å². The minimum absolute atomic E-state index is 0.00952. The lowest BCUT2D eigenvalue weighted by Crippen LogP contribution is -2.65. The number of ketones is 2. The van der Waals surface area contributed by atoms with Gasteiger partial charge in [-0.05, 0) is 79.1 Å². The number of nitriles is 1. The van der Waals surface area contributed by atoms with Crippen molar-refractivity contribution >= 4 is 11.6 Å². The summed E-state index contributed by atoms with van der Waals surface area (Å²) in [5, 5.41) is 21.4. The minimum atomic E-state index is -0.738. The summed E-state index contributed by atoms with van der Waals surface area (Å²) < 4.78 is 0. The van der Waals surface area contributed by atoms with Crippen molar-refractivity contribution in [3.05, 3.63) is 23.3 Å². The standard InChI is InChI=1S/C29H39NO3/c1-17-19-7-8-27(5)22(26(19,4)14-18(16-30)24(17)32)13-21(31)23-20-15-25(2,3)9-11-29(20,33)12-10-28(23,27)6/h13-14,17,19-20,23,33H,7-12,15H2,1-6H3/t17-,19-,20?,23?,26-,27+,28+,29-/m0/s1.